The second-order valence-electron chi connectivity index (χ2n) is 4.77. The summed E-state index contributed by atoms with van der Waals surface area (Å²) in [6, 6.07) is 0. The molecule has 2 fully saturated rings. The first kappa shape index (κ1) is 8.55. The topological polar surface area (TPSA) is 20.2 Å². The second kappa shape index (κ2) is 3.37. The van der Waals surface area contributed by atoms with E-state index >= 15 is 0 Å². The normalized spacial score (nSPS) is 27.8. The third-order valence-corrected chi connectivity index (χ3v) is 3.56. The molecular weight excluding hydrogens is 148 g/mol. The fourth-order valence-corrected chi connectivity index (χ4v) is 2.41. The molecule has 0 bridgehead atoms. The van der Waals surface area contributed by atoms with Crippen LogP contribution in [0.25, 0.3) is 0 Å². The van der Waals surface area contributed by atoms with Gasteiger partial charge in [-0.25, -0.2) is 0 Å². The van der Waals surface area contributed by atoms with Crippen LogP contribution in [0.2, 0.25) is 0 Å². The van der Waals surface area contributed by atoms with Gasteiger partial charge in [0, 0.05) is 0 Å². The summed E-state index contributed by atoms with van der Waals surface area (Å²) in [4.78, 5) is 0. The van der Waals surface area contributed by atoms with E-state index in [1.807, 2.05) is 0 Å². The van der Waals surface area contributed by atoms with E-state index in [-0.39, 0.29) is 5.60 Å². The van der Waals surface area contributed by atoms with Crippen molar-refractivity contribution in [2.45, 2.75) is 63.4 Å². The molecule has 2 rings (SSSR count). The van der Waals surface area contributed by atoms with E-state index in [0.717, 1.165) is 25.2 Å². The highest BCUT2D eigenvalue weighted by molar-refractivity contribution is 4.92. The molecule has 1 nitrogen and oxygen atoms in total. The fraction of sp³-hybridized carbons (Fsp3) is 1.00. The Kier molecular flexibility index (Phi) is 2.40. The summed E-state index contributed by atoms with van der Waals surface area (Å²) in [5.41, 5.74) is -0.196. The number of rotatable bonds is 4. The molecule has 0 atom stereocenters. The molecule has 0 aromatic carbocycles. The van der Waals surface area contributed by atoms with Gasteiger partial charge in [-0.3, -0.25) is 0 Å². The fourth-order valence-electron chi connectivity index (χ4n) is 2.41. The van der Waals surface area contributed by atoms with Crippen LogP contribution in [0, 0.1) is 5.92 Å². The largest absolute Gasteiger partial charge is 0.390 e. The Morgan fingerprint density at radius 2 is 1.83 bits per heavy atom. The van der Waals surface area contributed by atoms with Gasteiger partial charge in [0.1, 0.15) is 0 Å². The van der Waals surface area contributed by atoms with Gasteiger partial charge in [0.15, 0.2) is 0 Å². The van der Waals surface area contributed by atoms with Crippen LogP contribution in [0.1, 0.15) is 57.8 Å². The number of hydrogen-bond donors (Lipinski definition) is 1. The summed E-state index contributed by atoms with van der Waals surface area (Å²) in [6.45, 7) is 0. The summed E-state index contributed by atoms with van der Waals surface area (Å²) in [6.07, 6.45) is 11.7. The zero-order valence-electron chi connectivity index (χ0n) is 7.89. The van der Waals surface area contributed by atoms with Crippen LogP contribution < -0.4 is 0 Å². The minimum atomic E-state index is -0.196. The Bertz CT molecular complexity index is 143. The standard InChI is InChI=1S/C11H20O/c12-11(8-9-11)7-3-6-10-4-1-2-5-10/h10,12H,1-9H2. The van der Waals surface area contributed by atoms with E-state index in [1.165, 1.54) is 38.5 Å². The lowest BCUT2D eigenvalue weighted by molar-refractivity contribution is 0.134. The van der Waals surface area contributed by atoms with Crippen LogP contribution in [0.5, 0.6) is 0 Å². The summed E-state index contributed by atoms with van der Waals surface area (Å²) in [5.74, 6) is 1.01. The van der Waals surface area contributed by atoms with Crippen LogP contribution in [-0.4, -0.2) is 10.7 Å². The minimum Gasteiger partial charge on any atom is -0.390 e. The summed E-state index contributed by atoms with van der Waals surface area (Å²) >= 11 is 0. The SMILES string of the molecule is OC1(CCCC2CCCC2)CC1. The first-order valence-electron chi connectivity index (χ1n) is 5.51. The van der Waals surface area contributed by atoms with Crippen molar-refractivity contribution in [2.75, 3.05) is 0 Å². The van der Waals surface area contributed by atoms with Crippen molar-refractivity contribution in [3.8, 4) is 0 Å². The first-order chi connectivity index (χ1) is 5.79. The molecule has 1 N–H and O–H groups in total. The molecule has 70 valence electrons. The van der Waals surface area contributed by atoms with Crippen LogP contribution in [0.15, 0.2) is 0 Å². The molecule has 2 saturated carbocycles. The molecule has 2 aliphatic carbocycles. The van der Waals surface area contributed by atoms with E-state index in [2.05, 4.69) is 0 Å². The van der Waals surface area contributed by atoms with Crippen LogP contribution in [-0.2, 0) is 0 Å². The molecule has 0 aromatic rings. The highest BCUT2D eigenvalue weighted by Gasteiger charge is 2.39. The third kappa shape index (κ3) is 2.22. The van der Waals surface area contributed by atoms with Crippen molar-refractivity contribution in [3.63, 3.8) is 0 Å². The maximum Gasteiger partial charge on any atom is 0.0650 e. The number of aliphatic hydroxyl groups is 1. The van der Waals surface area contributed by atoms with Crippen molar-refractivity contribution in [1.82, 2.24) is 0 Å². The average Bonchev–Trinajstić information content (AvgIpc) is 2.61. The maximum absolute atomic E-state index is 9.60. The van der Waals surface area contributed by atoms with Gasteiger partial charge in [-0.2, -0.15) is 0 Å². The second-order valence-corrected chi connectivity index (χ2v) is 4.77. The molecular formula is C11H20O. The van der Waals surface area contributed by atoms with Crippen LogP contribution in [0.4, 0.5) is 0 Å². The predicted octanol–water partition coefficient (Wildman–Crippen LogP) is 2.87. The van der Waals surface area contributed by atoms with Gasteiger partial charge in [0.05, 0.1) is 5.60 Å². The van der Waals surface area contributed by atoms with Crippen LogP contribution in [0.3, 0.4) is 0 Å². The van der Waals surface area contributed by atoms with Crippen molar-refractivity contribution in [3.05, 3.63) is 0 Å². The van der Waals surface area contributed by atoms with Gasteiger partial charge in [-0.05, 0) is 25.2 Å². The van der Waals surface area contributed by atoms with Gasteiger partial charge in [-0.1, -0.05) is 38.5 Å². The molecule has 0 aromatic heterocycles. The van der Waals surface area contributed by atoms with Gasteiger partial charge in [0.25, 0.3) is 0 Å². The Labute approximate surface area is 75.2 Å². The molecule has 0 saturated heterocycles. The van der Waals surface area contributed by atoms with Crippen molar-refractivity contribution in [2.24, 2.45) is 5.92 Å². The van der Waals surface area contributed by atoms with E-state index < -0.39 is 0 Å². The Morgan fingerprint density at radius 1 is 1.17 bits per heavy atom. The van der Waals surface area contributed by atoms with E-state index in [9.17, 15) is 5.11 Å². The molecule has 0 heterocycles. The van der Waals surface area contributed by atoms with Gasteiger partial charge >= 0.3 is 0 Å². The smallest absolute Gasteiger partial charge is 0.0650 e. The third-order valence-electron chi connectivity index (χ3n) is 3.56. The highest BCUT2D eigenvalue weighted by Crippen LogP contribution is 2.40. The molecule has 0 unspecified atom stereocenters. The average molecular weight is 168 g/mol. The van der Waals surface area contributed by atoms with E-state index in [1.54, 1.807) is 0 Å². The molecule has 1 heteroatoms. The molecule has 0 radical (unpaired) electrons. The molecule has 0 spiro atoms. The van der Waals surface area contributed by atoms with Gasteiger partial charge in [0.2, 0.25) is 0 Å². The summed E-state index contributed by atoms with van der Waals surface area (Å²) in [5, 5.41) is 9.60. The lowest BCUT2D eigenvalue weighted by Crippen LogP contribution is -2.06. The lowest BCUT2D eigenvalue weighted by Gasteiger charge is -2.10. The Hall–Kier alpha value is -0.0400. The van der Waals surface area contributed by atoms with E-state index in [0.29, 0.717) is 0 Å². The van der Waals surface area contributed by atoms with Crippen LogP contribution >= 0.6 is 0 Å². The zero-order valence-corrected chi connectivity index (χ0v) is 7.89. The Balaban J connectivity index is 1.56. The minimum absolute atomic E-state index is 0.196. The molecule has 12 heavy (non-hydrogen) atoms. The predicted molar refractivity (Wildman–Crippen MR) is 50.0 cm³/mol. The van der Waals surface area contributed by atoms with Gasteiger partial charge < -0.3 is 5.11 Å². The van der Waals surface area contributed by atoms with Crippen molar-refractivity contribution in [1.29, 1.82) is 0 Å². The lowest BCUT2D eigenvalue weighted by atomic mass is 9.99. The molecule has 0 aliphatic heterocycles. The molecule has 0 amide bonds. The first-order valence-corrected chi connectivity index (χ1v) is 5.51. The van der Waals surface area contributed by atoms with E-state index in [4.69, 9.17) is 0 Å². The van der Waals surface area contributed by atoms with Crippen molar-refractivity contribution < 1.29 is 5.11 Å². The quantitative estimate of drug-likeness (QED) is 0.684. The summed E-state index contributed by atoms with van der Waals surface area (Å²) < 4.78 is 0. The maximum atomic E-state index is 9.60. The number of hydrogen-bond acceptors (Lipinski definition) is 1. The Morgan fingerprint density at radius 3 is 2.42 bits per heavy atom. The van der Waals surface area contributed by atoms with Gasteiger partial charge in [-0.15, -0.1) is 0 Å². The van der Waals surface area contributed by atoms with Crippen molar-refractivity contribution >= 4 is 0 Å². The molecule has 2 aliphatic rings. The monoisotopic (exact) mass is 168 g/mol. The zero-order chi connectivity index (χ0) is 8.44. The highest BCUT2D eigenvalue weighted by atomic mass is 16.3. The summed E-state index contributed by atoms with van der Waals surface area (Å²) in [7, 11) is 0.